The molecule has 3 N–H and O–H groups in total. The fraction of sp³-hybridized carbons (Fsp3) is 0.448. The highest BCUT2D eigenvalue weighted by molar-refractivity contribution is 5.93. The van der Waals surface area contributed by atoms with Crippen LogP contribution in [0.25, 0.3) is 28.4 Å². The predicted octanol–water partition coefficient (Wildman–Crippen LogP) is 5.15. The topological polar surface area (TPSA) is 118 Å². The molecule has 5 heterocycles. The molecule has 4 aromatic heterocycles. The number of piperidine rings is 1. The van der Waals surface area contributed by atoms with E-state index in [1.54, 1.807) is 6.20 Å². The lowest BCUT2D eigenvalue weighted by molar-refractivity contribution is 0.236. The minimum Gasteiger partial charge on any atom is -0.366 e. The molecule has 1 saturated heterocycles. The van der Waals surface area contributed by atoms with Gasteiger partial charge < -0.3 is 16.0 Å². The number of rotatable bonds is 8. The summed E-state index contributed by atoms with van der Waals surface area (Å²) in [5.41, 5.74) is 3.07. The van der Waals surface area contributed by atoms with Crippen molar-refractivity contribution in [2.45, 2.75) is 65.5 Å². The SMILES string of the molecule is CC=Cc1nc(Nc2cc(-c3nc(NC4CCNCC4(C)C)c4c(C5CC5)cncc4n3)ccn2)nn1CC. The van der Waals surface area contributed by atoms with Gasteiger partial charge in [-0.2, -0.15) is 4.98 Å². The Hall–Kier alpha value is -3.92. The van der Waals surface area contributed by atoms with Crippen LogP contribution in [0.3, 0.4) is 0 Å². The molecule has 1 aliphatic heterocycles. The summed E-state index contributed by atoms with van der Waals surface area (Å²) in [5.74, 6) is 4.01. The third kappa shape index (κ3) is 5.21. The minimum absolute atomic E-state index is 0.0942. The van der Waals surface area contributed by atoms with Crippen LogP contribution in [-0.4, -0.2) is 53.8 Å². The van der Waals surface area contributed by atoms with Crippen molar-refractivity contribution < 1.29 is 0 Å². The lowest BCUT2D eigenvalue weighted by Crippen LogP contribution is -2.49. The number of hydrogen-bond acceptors (Lipinski definition) is 9. The van der Waals surface area contributed by atoms with Crippen LogP contribution in [0.1, 0.15) is 64.3 Å². The fourth-order valence-corrected chi connectivity index (χ4v) is 5.31. The van der Waals surface area contributed by atoms with Gasteiger partial charge in [-0.3, -0.25) is 4.98 Å². The van der Waals surface area contributed by atoms with E-state index in [0.29, 0.717) is 29.6 Å². The minimum atomic E-state index is 0.0942. The molecule has 10 nitrogen and oxygen atoms in total. The summed E-state index contributed by atoms with van der Waals surface area (Å²) < 4.78 is 1.85. The van der Waals surface area contributed by atoms with Crippen molar-refractivity contribution in [3.63, 3.8) is 0 Å². The number of aryl methyl sites for hydroxylation is 1. The molecule has 10 heteroatoms. The summed E-state index contributed by atoms with van der Waals surface area (Å²) in [4.78, 5) is 23.8. The highest BCUT2D eigenvalue weighted by atomic mass is 15.4. The summed E-state index contributed by atoms with van der Waals surface area (Å²) >= 11 is 0. The molecule has 202 valence electrons. The van der Waals surface area contributed by atoms with Crippen molar-refractivity contribution >= 4 is 34.6 Å². The molecule has 6 rings (SSSR count). The average molecular weight is 525 g/mol. The number of aromatic nitrogens is 7. The first-order valence-electron chi connectivity index (χ1n) is 13.9. The Morgan fingerprint density at radius 1 is 1.15 bits per heavy atom. The third-order valence-electron chi connectivity index (χ3n) is 7.67. The first-order valence-corrected chi connectivity index (χ1v) is 13.9. The number of allylic oxidation sites excluding steroid dienone is 1. The zero-order valence-electron chi connectivity index (χ0n) is 23.1. The van der Waals surface area contributed by atoms with Crippen molar-refractivity contribution in [1.82, 2.24) is 40.0 Å². The van der Waals surface area contributed by atoms with Crippen LogP contribution in [0.2, 0.25) is 0 Å². The molecule has 1 atom stereocenters. The maximum atomic E-state index is 5.14. The van der Waals surface area contributed by atoms with Gasteiger partial charge in [0.25, 0.3) is 0 Å². The van der Waals surface area contributed by atoms with E-state index < -0.39 is 0 Å². The molecule has 1 unspecified atom stereocenters. The zero-order valence-corrected chi connectivity index (χ0v) is 23.1. The first kappa shape index (κ1) is 25.4. The molecule has 1 aliphatic carbocycles. The summed E-state index contributed by atoms with van der Waals surface area (Å²) in [6, 6.07) is 4.18. The second-order valence-corrected chi connectivity index (χ2v) is 11.1. The Morgan fingerprint density at radius 2 is 2.03 bits per heavy atom. The molecule has 0 radical (unpaired) electrons. The van der Waals surface area contributed by atoms with E-state index in [1.807, 2.05) is 55.2 Å². The molecule has 2 fully saturated rings. The summed E-state index contributed by atoms with van der Waals surface area (Å²) in [6.07, 6.45) is 12.9. The van der Waals surface area contributed by atoms with Crippen molar-refractivity contribution in [2.75, 3.05) is 23.7 Å². The van der Waals surface area contributed by atoms with E-state index >= 15 is 0 Å². The zero-order chi connectivity index (χ0) is 27.0. The average Bonchev–Trinajstić information content (AvgIpc) is 3.71. The highest BCUT2D eigenvalue weighted by Gasteiger charge is 2.34. The number of anilines is 3. The van der Waals surface area contributed by atoms with Gasteiger partial charge >= 0.3 is 0 Å². The van der Waals surface area contributed by atoms with Crippen LogP contribution in [0.15, 0.2) is 36.8 Å². The Balaban J connectivity index is 1.38. The predicted molar refractivity (Wildman–Crippen MR) is 155 cm³/mol. The molecule has 39 heavy (non-hydrogen) atoms. The standard InChI is InChI=1S/C29H36N10/c1-5-7-24-36-28(38-39(24)6-2)35-23-14-19(10-13-32-23)26-33-21-16-31-15-20(18-8-9-18)25(21)27(37-26)34-22-11-12-30-17-29(22,3)4/h5,7,10,13-16,18,22,30H,6,8-9,11-12,17H2,1-4H3,(H,32,35,38)(H,33,34,37). The highest BCUT2D eigenvalue weighted by Crippen LogP contribution is 2.44. The lowest BCUT2D eigenvalue weighted by Gasteiger charge is -2.40. The van der Waals surface area contributed by atoms with E-state index in [1.165, 1.54) is 18.4 Å². The van der Waals surface area contributed by atoms with Crippen LogP contribution >= 0.6 is 0 Å². The van der Waals surface area contributed by atoms with Crippen LogP contribution < -0.4 is 16.0 Å². The smallest absolute Gasteiger partial charge is 0.248 e. The molecule has 1 saturated carbocycles. The monoisotopic (exact) mass is 524 g/mol. The van der Waals surface area contributed by atoms with Gasteiger partial charge in [-0.05, 0) is 74.8 Å². The number of pyridine rings is 2. The van der Waals surface area contributed by atoms with E-state index in [2.05, 4.69) is 49.8 Å². The summed E-state index contributed by atoms with van der Waals surface area (Å²) in [6.45, 7) is 11.3. The van der Waals surface area contributed by atoms with Crippen molar-refractivity contribution in [3.8, 4) is 11.4 Å². The molecule has 0 amide bonds. The number of fused-ring (bicyclic) bond motifs is 1. The number of hydrogen-bond donors (Lipinski definition) is 3. The lowest BCUT2D eigenvalue weighted by atomic mass is 9.80. The third-order valence-corrected chi connectivity index (χ3v) is 7.67. The van der Waals surface area contributed by atoms with Gasteiger partial charge in [0.05, 0.1) is 11.7 Å². The Labute approximate surface area is 228 Å². The molecule has 4 aromatic rings. The van der Waals surface area contributed by atoms with Crippen molar-refractivity contribution in [1.29, 1.82) is 0 Å². The Morgan fingerprint density at radius 3 is 2.79 bits per heavy atom. The van der Waals surface area contributed by atoms with Crippen LogP contribution in [0.5, 0.6) is 0 Å². The molecule has 0 aromatic carbocycles. The molecule has 2 aliphatic rings. The van der Waals surface area contributed by atoms with Crippen LogP contribution in [0.4, 0.5) is 17.6 Å². The van der Waals surface area contributed by atoms with Crippen molar-refractivity contribution in [2.24, 2.45) is 5.41 Å². The van der Waals surface area contributed by atoms with Gasteiger partial charge in [0, 0.05) is 42.5 Å². The van der Waals surface area contributed by atoms with E-state index in [-0.39, 0.29) is 5.41 Å². The summed E-state index contributed by atoms with van der Waals surface area (Å²) in [7, 11) is 0. The molecule has 0 spiro atoms. The van der Waals surface area contributed by atoms with Crippen molar-refractivity contribution in [3.05, 3.63) is 48.2 Å². The second kappa shape index (κ2) is 10.3. The maximum Gasteiger partial charge on any atom is 0.248 e. The number of nitrogens with zero attached hydrogens (tertiary/aromatic N) is 7. The Kier molecular flexibility index (Phi) is 6.72. The summed E-state index contributed by atoms with van der Waals surface area (Å²) in [5, 5.41) is 16.3. The molecule has 0 bridgehead atoms. The van der Waals surface area contributed by atoms with E-state index in [9.17, 15) is 0 Å². The van der Waals surface area contributed by atoms with E-state index in [0.717, 1.165) is 54.2 Å². The number of nitrogens with one attached hydrogen (secondary N) is 3. The van der Waals surface area contributed by atoms with Gasteiger partial charge in [0.1, 0.15) is 11.6 Å². The molecular weight excluding hydrogens is 488 g/mol. The Bertz CT molecular complexity index is 1520. The van der Waals surface area contributed by atoms with Gasteiger partial charge in [-0.15, -0.1) is 5.10 Å². The van der Waals surface area contributed by atoms with E-state index in [4.69, 9.17) is 9.97 Å². The quantitative estimate of drug-likeness (QED) is 0.287. The van der Waals surface area contributed by atoms with Gasteiger partial charge in [0.2, 0.25) is 5.95 Å². The second-order valence-electron chi connectivity index (χ2n) is 11.1. The maximum absolute atomic E-state index is 5.14. The van der Waals surface area contributed by atoms with Crippen LogP contribution in [0, 0.1) is 5.41 Å². The van der Waals surface area contributed by atoms with Crippen LogP contribution in [-0.2, 0) is 6.54 Å². The van der Waals surface area contributed by atoms with Gasteiger partial charge in [-0.25, -0.2) is 19.6 Å². The van der Waals surface area contributed by atoms with Gasteiger partial charge in [0.15, 0.2) is 11.6 Å². The largest absolute Gasteiger partial charge is 0.366 e. The first-order chi connectivity index (χ1) is 18.9. The van der Waals surface area contributed by atoms with Gasteiger partial charge in [-0.1, -0.05) is 19.9 Å². The normalized spacial score (nSPS) is 19.0. The molecular formula is C29H36N10. The fourth-order valence-electron chi connectivity index (χ4n) is 5.31.